The molecule has 0 aliphatic heterocycles. The van der Waals surface area contributed by atoms with Crippen molar-refractivity contribution in [1.82, 2.24) is 4.90 Å². The molecule has 1 rings (SSSR count). The molecule has 0 spiro atoms. The molecule has 5 nitrogen and oxygen atoms in total. The number of nitrogens with one attached hydrogen (secondary N) is 1. The molecule has 0 heterocycles. The second-order valence-corrected chi connectivity index (χ2v) is 5.99. The fourth-order valence-corrected chi connectivity index (χ4v) is 2.14. The standard InChI is InChI=1S/C14H22ClN3O2/c1-14(2,16)9-18(3)8-13(19)17-11-7-10(15)5-6-12(11)20-4/h5-7H,8-9,16H2,1-4H3,(H,17,19). The van der Waals surface area contributed by atoms with Gasteiger partial charge in [-0.1, -0.05) is 11.6 Å². The largest absolute Gasteiger partial charge is 0.495 e. The van der Waals surface area contributed by atoms with Gasteiger partial charge in [-0.2, -0.15) is 0 Å². The Balaban J connectivity index is 2.65. The molecule has 1 aromatic carbocycles. The van der Waals surface area contributed by atoms with E-state index in [1.807, 2.05) is 25.8 Å². The third kappa shape index (κ3) is 5.77. The second kappa shape index (κ2) is 6.92. The van der Waals surface area contributed by atoms with E-state index in [9.17, 15) is 4.79 Å². The van der Waals surface area contributed by atoms with E-state index in [0.29, 0.717) is 23.0 Å². The van der Waals surface area contributed by atoms with Crippen LogP contribution in [0.15, 0.2) is 18.2 Å². The van der Waals surface area contributed by atoms with Crippen LogP contribution in [-0.2, 0) is 4.79 Å². The Morgan fingerprint density at radius 1 is 1.50 bits per heavy atom. The highest BCUT2D eigenvalue weighted by molar-refractivity contribution is 6.31. The van der Waals surface area contributed by atoms with Crippen LogP contribution in [0.3, 0.4) is 0 Å². The molecule has 0 aliphatic carbocycles. The average molecular weight is 300 g/mol. The molecule has 0 atom stereocenters. The minimum absolute atomic E-state index is 0.141. The van der Waals surface area contributed by atoms with Crippen LogP contribution in [0, 0.1) is 0 Å². The lowest BCUT2D eigenvalue weighted by atomic mass is 10.1. The third-order valence-corrected chi connectivity index (χ3v) is 2.76. The molecule has 20 heavy (non-hydrogen) atoms. The molecule has 0 saturated heterocycles. The van der Waals surface area contributed by atoms with Crippen LogP contribution in [0.4, 0.5) is 5.69 Å². The Bertz CT molecular complexity index is 472. The summed E-state index contributed by atoms with van der Waals surface area (Å²) in [6, 6.07) is 5.08. The van der Waals surface area contributed by atoms with Crippen molar-refractivity contribution in [1.29, 1.82) is 0 Å². The van der Waals surface area contributed by atoms with E-state index in [-0.39, 0.29) is 18.0 Å². The molecular weight excluding hydrogens is 278 g/mol. The van der Waals surface area contributed by atoms with Crippen molar-refractivity contribution in [3.63, 3.8) is 0 Å². The molecule has 0 saturated carbocycles. The smallest absolute Gasteiger partial charge is 0.238 e. The predicted octanol–water partition coefficient (Wildman–Crippen LogP) is 1.96. The zero-order valence-electron chi connectivity index (χ0n) is 12.4. The molecule has 0 radical (unpaired) electrons. The molecule has 6 heteroatoms. The molecule has 0 aliphatic rings. The predicted molar refractivity (Wildman–Crippen MR) is 82.4 cm³/mol. The summed E-state index contributed by atoms with van der Waals surface area (Å²) in [5.41, 5.74) is 6.14. The molecule has 0 bridgehead atoms. The van der Waals surface area contributed by atoms with E-state index >= 15 is 0 Å². The minimum atomic E-state index is -0.344. The second-order valence-electron chi connectivity index (χ2n) is 5.55. The number of likely N-dealkylation sites (N-methyl/N-ethyl adjacent to an activating group) is 1. The average Bonchev–Trinajstić information content (AvgIpc) is 2.26. The van der Waals surface area contributed by atoms with Gasteiger partial charge >= 0.3 is 0 Å². The summed E-state index contributed by atoms with van der Waals surface area (Å²) in [6.45, 7) is 4.70. The van der Waals surface area contributed by atoms with Crippen molar-refractivity contribution in [3.05, 3.63) is 23.2 Å². The summed E-state index contributed by atoms with van der Waals surface area (Å²) in [4.78, 5) is 13.9. The fourth-order valence-electron chi connectivity index (χ4n) is 1.96. The van der Waals surface area contributed by atoms with E-state index in [1.165, 1.54) is 0 Å². The highest BCUT2D eigenvalue weighted by atomic mass is 35.5. The highest BCUT2D eigenvalue weighted by Gasteiger charge is 2.16. The number of halogens is 1. The monoisotopic (exact) mass is 299 g/mol. The number of carbonyl (C=O) groups excluding carboxylic acids is 1. The molecule has 3 N–H and O–H groups in total. The van der Waals surface area contributed by atoms with E-state index in [0.717, 1.165) is 0 Å². The Hall–Kier alpha value is -1.30. The van der Waals surface area contributed by atoms with E-state index in [1.54, 1.807) is 25.3 Å². The van der Waals surface area contributed by atoms with Crippen LogP contribution in [0.1, 0.15) is 13.8 Å². The van der Waals surface area contributed by atoms with Crippen molar-refractivity contribution in [2.24, 2.45) is 5.73 Å². The SMILES string of the molecule is COc1ccc(Cl)cc1NC(=O)CN(C)CC(C)(C)N. The zero-order valence-corrected chi connectivity index (χ0v) is 13.1. The number of anilines is 1. The number of rotatable bonds is 6. The summed E-state index contributed by atoms with van der Waals surface area (Å²) in [7, 11) is 3.39. The van der Waals surface area contributed by atoms with E-state index < -0.39 is 0 Å². The number of methoxy groups -OCH3 is 1. The molecule has 0 fully saturated rings. The summed E-state index contributed by atoms with van der Waals surface area (Å²) in [5.74, 6) is 0.432. The van der Waals surface area contributed by atoms with Crippen molar-refractivity contribution in [2.75, 3.05) is 32.6 Å². The summed E-state index contributed by atoms with van der Waals surface area (Å²) < 4.78 is 5.18. The Kier molecular flexibility index (Phi) is 5.80. The number of hydrogen-bond acceptors (Lipinski definition) is 4. The van der Waals surface area contributed by atoms with Gasteiger partial charge in [-0.25, -0.2) is 0 Å². The lowest BCUT2D eigenvalue weighted by molar-refractivity contribution is -0.117. The van der Waals surface area contributed by atoms with Gasteiger partial charge in [-0.05, 0) is 39.1 Å². The van der Waals surface area contributed by atoms with Crippen LogP contribution in [-0.4, -0.2) is 43.6 Å². The Labute approximate surface area is 125 Å². The van der Waals surface area contributed by atoms with Crippen LogP contribution in [0.25, 0.3) is 0 Å². The maximum atomic E-state index is 12.0. The summed E-state index contributed by atoms with van der Waals surface area (Å²) in [6.07, 6.45) is 0. The first-order valence-corrected chi connectivity index (χ1v) is 6.70. The van der Waals surface area contributed by atoms with Crippen molar-refractivity contribution < 1.29 is 9.53 Å². The molecule has 0 unspecified atom stereocenters. The first kappa shape index (κ1) is 16.8. The quantitative estimate of drug-likeness (QED) is 0.842. The van der Waals surface area contributed by atoms with E-state index in [2.05, 4.69) is 5.32 Å². The number of carbonyl (C=O) groups is 1. The van der Waals surface area contributed by atoms with Gasteiger partial charge in [0, 0.05) is 17.1 Å². The topological polar surface area (TPSA) is 67.6 Å². The van der Waals surface area contributed by atoms with Crippen molar-refractivity contribution >= 4 is 23.2 Å². The van der Waals surface area contributed by atoms with Crippen molar-refractivity contribution in [2.45, 2.75) is 19.4 Å². The lowest BCUT2D eigenvalue weighted by Gasteiger charge is -2.26. The number of nitrogens with zero attached hydrogens (tertiary/aromatic N) is 1. The van der Waals surface area contributed by atoms with Crippen LogP contribution in [0.2, 0.25) is 5.02 Å². The number of nitrogens with two attached hydrogens (primary N) is 1. The molecular formula is C14H22ClN3O2. The number of ether oxygens (including phenoxy) is 1. The fraction of sp³-hybridized carbons (Fsp3) is 0.500. The van der Waals surface area contributed by atoms with Gasteiger partial charge in [0.25, 0.3) is 0 Å². The van der Waals surface area contributed by atoms with Gasteiger partial charge in [-0.15, -0.1) is 0 Å². The first-order chi connectivity index (χ1) is 9.21. The number of hydrogen-bond donors (Lipinski definition) is 2. The van der Waals surface area contributed by atoms with Crippen LogP contribution in [0.5, 0.6) is 5.75 Å². The Morgan fingerprint density at radius 3 is 2.70 bits per heavy atom. The molecule has 112 valence electrons. The van der Waals surface area contributed by atoms with Crippen LogP contribution >= 0.6 is 11.6 Å². The van der Waals surface area contributed by atoms with Crippen LogP contribution < -0.4 is 15.8 Å². The summed E-state index contributed by atoms with van der Waals surface area (Å²) >= 11 is 5.92. The van der Waals surface area contributed by atoms with E-state index in [4.69, 9.17) is 22.1 Å². The van der Waals surface area contributed by atoms with Gasteiger partial charge < -0.3 is 15.8 Å². The molecule has 1 amide bonds. The lowest BCUT2D eigenvalue weighted by Crippen LogP contribution is -2.45. The first-order valence-electron chi connectivity index (χ1n) is 6.32. The zero-order chi connectivity index (χ0) is 15.3. The summed E-state index contributed by atoms with van der Waals surface area (Å²) in [5, 5.41) is 3.33. The highest BCUT2D eigenvalue weighted by Crippen LogP contribution is 2.27. The molecule has 0 aromatic heterocycles. The maximum Gasteiger partial charge on any atom is 0.238 e. The van der Waals surface area contributed by atoms with Gasteiger partial charge in [0.05, 0.1) is 19.3 Å². The van der Waals surface area contributed by atoms with Crippen molar-refractivity contribution in [3.8, 4) is 5.75 Å². The minimum Gasteiger partial charge on any atom is -0.495 e. The normalized spacial score (nSPS) is 11.6. The van der Waals surface area contributed by atoms with Gasteiger partial charge in [0.2, 0.25) is 5.91 Å². The Morgan fingerprint density at radius 2 is 2.15 bits per heavy atom. The van der Waals surface area contributed by atoms with Gasteiger partial charge in [0.15, 0.2) is 0 Å². The van der Waals surface area contributed by atoms with Gasteiger partial charge in [0.1, 0.15) is 5.75 Å². The third-order valence-electron chi connectivity index (χ3n) is 2.53. The maximum absolute atomic E-state index is 12.0. The van der Waals surface area contributed by atoms with Gasteiger partial charge in [-0.3, -0.25) is 9.69 Å². The number of amides is 1. The number of benzene rings is 1. The molecule has 1 aromatic rings.